The molecule has 0 fully saturated rings. The van der Waals surface area contributed by atoms with Crippen molar-refractivity contribution in [2.24, 2.45) is 0 Å². The van der Waals surface area contributed by atoms with E-state index in [2.05, 4.69) is 6.58 Å². The van der Waals surface area contributed by atoms with Gasteiger partial charge in [0.15, 0.2) is 0 Å². The van der Waals surface area contributed by atoms with Crippen LogP contribution in [-0.2, 0) is 0 Å². The van der Waals surface area contributed by atoms with Crippen molar-refractivity contribution in [2.75, 3.05) is 6.61 Å². The van der Waals surface area contributed by atoms with Crippen LogP contribution in [0.1, 0.15) is 26.7 Å². The standard InChI is InChI=1S/C10H18O2/c1-4-10(3,12)7-5-6-9(2)8-11/h4,6,11-12H,1,5,7-8H2,2-3H3/b9-6+/t10-/m0/s1. The average Bonchev–Trinajstić information content (AvgIpc) is 2.04. The Balaban J connectivity index is 3.77. The maximum atomic E-state index is 9.50. The summed E-state index contributed by atoms with van der Waals surface area (Å²) in [5.41, 5.74) is 0.154. The molecule has 0 aliphatic carbocycles. The van der Waals surface area contributed by atoms with E-state index in [0.717, 1.165) is 12.0 Å². The van der Waals surface area contributed by atoms with Crippen LogP contribution in [0.2, 0.25) is 0 Å². The first-order valence-electron chi connectivity index (χ1n) is 4.14. The summed E-state index contributed by atoms with van der Waals surface area (Å²) in [5, 5.41) is 18.2. The number of aliphatic hydroxyl groups excluding tert-OH is 1. The fourth-order valence-corrected chi connectivity index (χ4v) is 0.777. The topological polar surface area (TPSA) is 40.5 Å². The zero-order valence-electron chi connectivity index (χ0n) is 7.88. The molecule has 0 saturated heterocycles. The smallest absolute Gasteiger partial charge is 0.0800 e. The Labute approximate surface area is 74.2 Å². The van der Waals surface area contributed by atoms with Crippen LogP contribution in [0.5, 0.6) is 0 Å². The Morgan fingerprint density at radius 2 is 2.17 bits per heavy atom. The normalized spacial score (nSPS) is 17.2. The highest BCUT2D eigenvalue weighted by atomic mass is 16.3. The lowest BCUT2D eigenvalue weighted by atomic mass is 10.00. The summed E-state index contributed by atoms with van der Waals surface area (Å²) in [5.74, 6) is 0. The molecular formula is C10H18O2. The van der Waals surface area contributed by atoms with Crippen LogP contribution in [0, 0.1) is 0 Å². The SMILES string of the molecule is C=C[C@](C)(O)CC/C=C(\C)CO. The highest BCUT2D eigenvalue weighted by Gasteiger charge is 2.12. The number of aliphatic hydroxyl groups is 2. The molecule has 70 valence electrons. The maximum absolute atomic E-state index is 9.50. The summed E-state index contributed by atoms with van der Waals surface area (Å²) < 4.78 is 0. The number of rotatable bonds is 5. The zero-order chi connectivity index (χ0) is 9.61. The lowest BCUT2D eigenvalue weighted by Crippen LogP contribution is -2.19. The van der Waals surface area contributed by atoms with Crippen LogP contribution < -0.4 is 0 Å². The molecule has 0 spiro atoms. The summed E-state index contributed by atoms with van der Waals surface area (Å²) in [6, 6.07) is 0. The van der Waals surface area contributed by atoms with Gasteiger partial charge in [0, 0.05) is 0 Å². The van der Waals surface area contributed by atoms with Crippen molar-refractivity contribution < 1.29 is 10.2 Å². The second-order valence-corrected chi connectivity index (χ2v) is 3.31. The van der Waals surface area contributed by atoms with E-state index in [1.54, 1.807) is 6.92 Å². The van der Waals surface area contributed by atoms with Crippen LogP contribution in [0.4, 0.5) is 0 Å². The van der Waals surface area contributed by atoms with E-state index < -0.39 is 5.60 Å². The van der Waals surface area contributed by atoms with Gasteiger partial charge in [-0.25, -0.2) is 0 Å². The Morgan fingerprint density at radius 1 is 1.58 bits per heavy atom. The van der Waals surface area contributed by atoms with Gasteiger partial charge in [-0.2, -0.15) is 0 Å². The summed E-state index contributed by atoms with van der Waals surface area (Å²) in [7, 11) is 0. The summed E-state index contributed by atoms with van der Waals surface area (Å²) in [4.78, 5) is 0. The van der Waals surface area contributed by atoms with Crippen molar-refractivity contribution in [1.29, 1.82) is 0 Å². The Morgan fingerprint density at radius 3 is 2.58 bits per heavy atom. The highest BCUT2D eigenvalue weighted by molar-refractivity contribution is 5.00. The molecule has 12 heavy (non-hydrogen) atoms. The zero-order valence-corrected chi connectivity index (χ0v) is 7.88. The summed E-state index contributed by atoms with van der Waals surface area (Å²) >= 11 is 0. The van der Waals surface area contributed by atoms with E-state index in [1.165, 1.54) is 6.08 Å². The maximum Gasteiger partial charge on any atom is 0.0800 e. The molecule has 0 aliphatic heterocycles. The predicted octanol–water partition coefficient (Wildman–Crippen LogP) is 1.64. The van der Waals surface area contributed by atoms with Crippen LogP contribution in [0.3, 0.4) is 0 Å². The van der Waals surface area contributed by atoms with E-state index in [-0.39, 0.29) is 6.61 Å². The van der Waals surface area contributed by atoms with Crippen molar-refractivity contribution in [1.82, 2.24) is 0 Å². The van der Waals surface area contributed by atoms with Crippen molar-refractivity contribution in [3.63, 3.8) is 0 Å². The van der Waals surface area contributed by atoms with Gasteiger partial charge < -0.3 is 10.2 Å². The van der Waals surface area contributed by atoms with Gasteiger partial charge in [-0.3, -0.25) is 0 Å². The summed E-state index contributed by atoms with van der Waals surface area (Å²) in [6.45, 7) is 7.21. The quantitative estimate of drug-likeness (QED) is 0.616. The van der Waals surface area contributed by atoms with Gasteiger partial charge in [-0.1, -0.05) is 17.7 Å². The van der Waals surface area contributed by atoms with E-state index in [1.807, 2.05) is 13.0 Å². The van der Waals surface area contributed by atoms with E-state index in [9.17, 15) is 5.11 Å². The molecule has 0 bridgehead atoms. The molecule has 2 nitrogen and oxygen atoms in total. The molecule has 2 N–H and O–H groups in total. The first-order valence-corrected chi connectivity index (χ1v) is 4.14. The van der Waals surface area contributed by atoms with Gasteiger partial charge >= 0.3 is 0 Å². The average molecular weight is 170 g/mol. The molecule has 0 aromatic rings. The minimum absolute atomic E-state index is 0.0935. The molecule has 0 heterocycles. The van der Waals surface area contributed by atoms with Crippen LogP contribution in [-0.4, -0.2) is 22.4 Å². The van der Waals surface area contributed by atoms with E-state index in [4.69, 9.17) is 5.11 Å². The lowest BCUT2D eigenvalue weighted by molar-refractivity contribution is 0.103. The number of hydrogen-bond acceptors (Lipinski definition) is 2. The Bertz CT molecular complexity index is 169. The first-order chi connectivity index (χ1) is 5.52. The van der Waals surface area contributed by atoms with Gasteiger partial charge in [0.1, 0.15) is 0 Å². The second kappa shape index (κ2) is 5.12. The van der Waals surface area contributed by atoms with Gasteiger partial charge in [0.05, 0.1) is 12.2 Å². The minimum Gasteiger partial charge on any atom is -0.392 e. The van der Waals surface area contributed by atoms with Crippen LogP contribution in [0.15, 0.2) is 24.3 Å². The van der Waals surface area contributed by atoms with E-state index >= 15 is 0 Å². The molecule has 0 saturated carbocycles. The van der Waals surface area contributed by atoms with Crippen molar-refractivity contribution in [2.45, 2.75) is 32.3 Å². The molecule has 0 aliphatic rings. The fourth-order valence-electron chi connectivity index (χ4n) is 0.777. The van der Waals surface area contributed by atoms with Crippen molar-refractivity contribution >= 4 is 0 Å². The first kappa shape index (κ1) is 11.4. The molecule has 2 heteroatoms. The fraction of sp³-hybridized carbons (Fsp3) is 0.600. The molecular weight excluding hydrogens is 152 g/mol. The third-order valence-corrected chi connectivity index (χ3v) is 1.83. The monoisotopic (exact) mass is 170 g/mol. The molecule has 0 aromatic carbocycles. The third-order valence-electron chi connectivity index (χ3n) is 1.83. The Kier molecular flexibility index (Phi) is 4.86. The third kappa shape index (κ3) is 5.10. The van der Waals surface area contributed by atoms with Gasteiger partial charge in [0.2, 0.25) is 0 Å². The molecule has 0 aromatic heterocycles. The van der Waals surface area contributed by atoms with Crippen molar-refractivity contribution in [3.05, 3.63) is 24.3 Å². The minimum atomic E-state index is -0.785. The highest BCUT2D eigenvalue weighted by Crippen LogP contribution is 2.13. The van der Waals surface area contributed by atoms with Gasteiger partial charge in [0.25, 0.3) is 0 Å². The second-order valence-electron chi connectivity index (χ2n) is 3.31. The van der Waals surface area contributed by atoms with Crippen LogP contribution >= 0.6 is 0 Å². The summed E-state index contributed by atoms with van der Waals surface area (Å²) in [6.07, 6.45) is 4.88. The number of hydrogen-bond donors (Lipinski definition) is 2. The lowest BCUT2D eigenvalue weighted by Gasteiger charge is -2.16. The number of allylic oxidation sites excluding steroid dienone is 1. The molecule has 0 unspecified atom stereocenters. The van der Waals surface area contributed by atoms with Crippen molar-refractivity contribution in [3.8, 4) is 0 Å². The molecule has 0 amide bonds. The predicted molar refractivity (Wildman–Crippen MR) is 50.9 cm³/mol. The molecule has 1 atom stereocenters. The molecule has 0 radical (unpaired) electrons. The van der Waals surface area contributed by atoms with Gasteiger partial charge in [-0.15, -0.1) is 6.58 Å². The Hall–Kier alpha value is -0.600. The largest absolute Gasteiger partial charge is 0.392 e. The van der Waals surface area contributed by atoms with E-state index in [0.29, 0.717) is 6.42 Å². The van der Waals surface area contributed by atoms with Gasteiger partial charge in [-0.05, 0) is 26.7 Å². The van der Waals surface area contributed by atoms with Crippen LogP contribution in [0.25, 0.3) is 0 Å². The molecule has 0 rings (SSSR count).